The first kappa shape index (κ1) is 39.0. The third kappa shape index (κ3) is 17.9. The Labute approximate surface area is 264 Å². The van der Waals surface area contributed by atoms with Crippen molar-refractivity contribution in [3.05, 3.63) is 35.9 Å². The van der Waals surface area contributed by atoms with Crippen LogP contribution in [0.25, 0.3) is 0 Å². The van der Waals surface area contributed by atoms with Gasteiger partial charge in [-0.2, -0.15) is 0 Å². The van der Waals surface area contributed by atoms with Crippen molar-refractivity contribution in [2.75, 3.05) is 54.4 Å². The molecule has 12 nitrogen and oxygen atoms in total. The lowest BCUT2D eigenvalue weighted by Crippen LogP contribution is -2.52. The van der Waals surface area contributed by atoms with Crippen molar-refractivity contribution < 1.29 is 23.9 Å². The molecule has 0 fully saturated rings. The van der Waals surface area contributed by atoms with E-state index in [9.17, 15) is 19.2 Å². The first-order valence-electron chi connectivity index (χ1n) is 16.0. The lowest BCUT2D eigenvalue weighted by Gasteiger charge is -2.22. The summed E-state index contributed by atoms with van der Waals surface area (Å²) in [4.78, 5) is 50.9. The minimum Gasteiger partial charge on any atom is -0.461 e. The number of amides is 3. The number of hydrogen-bond acceptors (Lipinski definition) is 9. The van der Waals surface area contributed by atoms with Gasteiger partial charge in [0.05, 0.1) is 18.5 Å². The molecule has 1 rings (SSSR count). The van der Waals surface area contributed by atoms with Gasteiger partial charge in [0.15, 0.2) is 0 Å². The summed E-state index contributed by atoms with van der Waals surface area (Å²) < 4.78 is 5.29. The average molecular weight is 620 g/mol. The SMILES string of the molecule is CNCCCC[C@H](NC)C(=O)NCCCC[C@H](NC(=O)[C@H](CCCCNC)NC)C(=O)NCCC(=O)OCc1ccccc1. The molecular weight excluding hydrogens is 562 g/mol. The zero-order valence-electron chi connectivity index (χ0n) is 27.3. The van der Waals surface area contributed by atoms with Gasteiger partial charge in [0.1, 0.15) is 12.6 Å². The lowest BCUT2D eigenvalue weighted by molar-refractivity contribution is -0.145. The summed E-state index contributed by atoms with van der Waals surface area (Å²) in [5, 5.41) is 21.0. The van der Waals surface area contributed by atoms with Crippen LogP contribution >= 0.6 is 0 Å². The molecule has 3 amide bonds. The Bertz CT molecular complexity index is 935. The number of ether oxygens (including phenoxy) is 1. The molecule has 44 heavy (non-hydrogen) atoms. The topological polar surface area (TPSA) is 162 Å². The van der Waals surface area contributed by atoms with E-state index in [0.717, 1.165) is 50.8 Å². The molecule has 250 valence electrons. The van der Waals surface area contributed by atoms with Crippen LogP contribution in [0.5, 0.6) is 0 Å². The minimum atomic E-state index is -0.760. The first-order chi connectivity index (χ1) is 21.4. The van der Waals surface area contributed by atoms with E-state index in [1.165, 1.54) is 0 Å². The Hall–Kier alpha value is -3.06. The van der Waals surface area contributed by atoms with Crippen LogP contribution in [0.4, 0.5) is 0 Å². The van der Waals surface area contributed by atoms with Crippen LogP contribution in [0.2, 0.25) is 0 Å². The zero-order chi connectivity index (χ0) is 32.4. The normalized spacial score (nSPS) is 13.0. The Kier molecular flexibility index (Phi) is 22.4. The Morgan fingerprint density at radius 3 is 1.68 bits per heavy atom. The fourth-order valence-electron chi connectivity index (χ4n) is 4.68. The molecule has 0 aromatic heterocycles. The quantitative estimate of drug-likeness (QED) is 0.0592. The summed E-state index contributed by atoms with van der Waals surface area (Å²) in [6.45, 7) is 2.56. The fourth-order valence-corrected chi connectivity index (χ4v) is 4.68. The van der Waals surface area contributed by atoms with Crippen LogP contribution in [0.15, 0.2) is 30.3 Å². The highest BCUT2D eigenvalue weighted by molar-refractivity contribution is 5.90. The van der Waals surface area contributed by atoms with Crippen molar-refractivity contribution in [2.24, 2.45) is 0 Å². The van der Waals surface area contributed by atoms with Crippen LogP contribution in [-0.2, 0) is 30.5 Å². The summed E-state index contributed by atoms with van der Waals surface area (Å²) in [6.07, 6.45) is 6.90. The Morgan fingerprint density at radius 1 is 0.614 bits per heavy atom. The van der Waals surface area contributed by atoms with Crippen molar-refractivity contribution in [1.82, 2.24) is 37.2 Å². The number of likely N-dealkylation sites (N-methyl/N-ethyl adjacent to an activating group) is 2. The van der Waals surface area contributed by atoms with Crippen LogP contribution in [0, 0.1) is 0 Å². The number of nitrogens with one attached hydrogen (secondary N) is 7. The highest BCUT2D eigenvalue weighted by atomic mass is 16.5. The summed E-state index contributed by atoms with van der Waals surface area (Å²) in [6, 6.07) is 7.97. The Morgan fingerprint density at radius 2 is 1.11 bits per heavy atom. The van der Waals surface area contributed by atoms with Gasteiger partial charge in [-0.25, -0.2) is 0 Å². The van der Waals surface area contributed by atoms with Gasteiger partial charge in [0.25, 0.3) is 0 Å². The van der Waals surface area contributed by atoms with Crippen molar-refractivity contribution in [2.45, 2.75) is 88.9 Å². The predicted octanol–water partition coefficient (Wildman–Crippen LogP) is 0.963. The number of benzene rings is 1. The highest BCUT2D eigenvalue weighted by Crippen LogP contribution is 2.07. The maximum Gasteiger partial charge on any atom is 0.307 e. The number of unbranched alkanes of at least 4 members (excludes halogenated alkanes) is 3. The molecule has 0 aliphatic rings. The van der Waals surface area contributed by atoms with E-state index >= 15 is 0 Å². The largest absolute Gasteiger partial charge is 0.461 e. The molecule has 0 spiro atoms. The van der Waals surface area contributed by atoms with Crippen molar-refractivity contribution >= 4 is 23.7 Å². The molecule has 0 radical (unpaired) electrons. The molecule has 0 heterocycles. The van der Waals surface area contributed by atoms with Gasteiger partial charge in [0.2, 0.25) is 17.7 Å². The molecule has 12 heteroatoms. The van der Waals surface area contributed by atoms with E-state index < -0.39 is 18.1 Å². The maximum atomic E-state index is 13.1. The predicted molar refractivity (Wildman–Crippen MR) is 174 cm³/mol. The van der Waals surface area contributed by atoms with E-state index in [1.807, 2.05) is 44.4 Å². The number of esters is 1. The molecule has 0 saturated heterocycles. The van der Waals surface area contributed by atoms with Gasteiger partial charge in [-0.1, -0.05) is 43.2 Å². The van der Waals surface area contributed by atoms with Gasteiger partial charge in [0, 0.05) is 13.1 Å². The third-order valence-electron chi connectivity index (χ3n) is 7.39. The maximum absolute atomic E-state index is 13.1. The van der Waals surface area contributed by atoms with Gasteiger partial charge >= 0.3 is 5.97 Å². The second-order valence-corrected chi connectivity index (χ2v) is 10.9. The molecular formula is C32H57N7O5. The molecule has 7 N–H and O–H groups in total. The molecule has 0 bridgehead atoms. The molecule has 1 aromatic rings. The van der Waals surface area contributed by atoms with Crippen molar-refractivity contribution in [3.8, 4) is 0 Å². The molecule has 0 aliphatic heterocycles. The summed E-state index contributed by atoms with van der Waals surface area (Å²) in [7, 11) is 7.33. The van der Waals surface area contributed by atoms with Crippen LogP contribution in [0.3, 0.4) is 0 Å². The number of carbonyl (C=O) groups is 4. The van der Waals surface area contributed by atoms with E-state index in [4.69, 9.17) is 4.74 Å². The smallest absolute Gasteiger partial charge is 0.307 e. The van der Waals surface area contributed by atoms with Crippen molar-refractivity contribution in [3.63, 3.8) is 0 Å². The van der Waals surface area contributed by atoms with E-state index in [1.54, 1.807) is 14.1 Å². The second-order valence-electron chi connectivity index (χ2n) is 10.9. The van der Waals surface area contributed by atoms with Gasteiger partial charge in [-0.3, -0.25) is 19.2 Å². The van der Waals surface area contributed by atoms with Crippen LogP contribution in [-0.4, -0.2) is 96.2 Å². The third-order valence-corrected chi connectivity index (χ3v) is 7.39. The van der Waals surface area contributed by atoms with Crippen LogP contribution < -0.4 is 37.2 Å². The number of hydrogen-bond donors (Lipinski definition) is 7. The average Bonchev–Trinajstić information content (AvgIpc) is 3.03. The molecule has 0 saturated carbocycles. The molecule has 0 aliphatic carbocycles. The summed E-state index contributed by atoms with van der Waals surface area (Å²) >= 11 is 0. The monoisotopic (exact) mass is 619 g/mol. The van der Waals surface area contributed by atoms with Gasteiger partial charge in [-0.15, -0.1) is 0 Å². The minimum absolute atomic E-state index is 0.0253. The first-order valence-corrected chi connectivity index (χ1v) is 16.0. The lowest BCUT2D eigenvalue weighted by atomic mass is 10.1. The zero-order valence-corrected chi connectivity index (χ0v) is 27.3. The summed E-state index contributed by atoms with van der Waals surface area (Å²) in [5.41, 5.74) is 0.889. The molecule has 0 unspecified atom stereocenters. The molecule has 1 aromatic carbocycles. The summed E-state index contributed by atoms with van der Waals surface area (Å²) in [5.74, 6) is -1.03. The van der Waals surface area contributed by atoms with Crippen molar-refractivity contribution in [1.29, 1.82) is 0 Å². The van der Waals surface area contributed by atoms with Crippen LogP contribution in [0.1, 0.15) is 69.8 Å². The van der Waals surface area contributed by atoms with Gasteiger partial charge in [-0.05, 0) is 91.8 Å². The standard InChI is InChI=1S/C32H57N7O5/c1-33-20-11-8-16-26(35-3)30(41)37-22-13-10-18-28(39-32(43)27(36-4)17-9-12-21-34-2)31(42)38-23-19-29(40)44-24-25-14-6-5-7-15-25/h5-7,14-15,26-28,33-36H,8-13,16-24H2,1-4H3,(H,37,41)(H,38,42)(H,39,43)/t26-,27-,28-/m0/s1. The second kappa shape index (κ2) is 25.3. The Balaban J connectivity index is 2.60. The fraction of sp³-hybridized carbons (Fsp3) is 0.688. The van der Waals surface area contributed by atoms with E-state index in [2.05, 4.69) is 37.2 Å². The van der Waals surface area contributed by atoms with E-state index in [-0.39, 0.29) is 43.3 Å². The number of rotatable bonds is 26. The molecule has 3 atom stereocenters. The number of carbonyl (C=O) groups excluding carboxylic acids is 4. The van der Waals surface area contributed by atoms with E-state index in [0.29, 0.717) is 32.2 Å². The highest BCUT2D eigenvalue weighted by Gasteiger charge is 2.24. The van der Waals surface area contributed by atoms with Gasteiger partial charge < -0.3 is 42.0 Å².